The largest absolute Gasteiger partial charge is 0.460 e. The molecule has 1 atom stereocenters. The summed E-state index contributed by atoms with van der Waals surface area (Å²) in [4.78, 5) is 11.7. The van der Waals surface area contributed by atoms with Crippen LogP contribution in [0.25, 0.3) is 6.08 Å². The fourth-order valence-electron chi connectivity index (χ4n) is 1.59. The lowest BCUT2D eigenvalue weighted by molar-refractivity contribution is -0.140. The van der Waals surface area contributed by atoms with Crippen LogP contribution in [0.3, 0.4) is 0 Å². The first kappa shape index (κ1) is 16.4. The van der Waals surface area contributed by atoms with Crippen molar-refractivity contribution in [2.75, 3.05) is 13.2 Å². The Bertz CT molecular complexity index is 567. The molecular formula is C17H17NO3. The number of aliphatic hydroxyl groups excluding tert-OH is 1. The maximum absolute atomic E-state index is 11.7. The fourth-order valence-corrected chi connectivity index (χ4v) is 1.59. The molecule has 1 N–H and O–H groups in total. The standard InChI is InChI=1S/C17H17NO3/c1-14(17(20)21-13-12-19)16(8-5-11-18)10-9-15-6-3-2-4-7-15/h2-10,16,19H,1,12-13H2. The zero-order chi connectivity index (χ0) is 15.5. The van der Waals surface area contributed by atoms with Crippen LogP contribution in [0.4, 0.5) is 0 Å². The first-order valence-electron chi connectivity index (χ1n) is 6.45. The number of aliphatic hydroxyl groups is 1. The van der Waals surface area contributed by atoms with Gasteiger partial charge in [-0.05, 0) is 5.56 Å². The molecule has 0 aromatic heterocycles. The number of nitrogens with zero attached hydrogens (tertiary/aromatic N) is 1. The molecule has 0 saturated heterocycles. The molecule has 1 aromatic carbocycles. The van der Waals surface area contributed by atoms with Crippen LogP contribution in [0.2, 0.25) is 0 Å². The Morgan fingerprint density at radius 1 is 1.38 bits per heavy atom. The third-order valence-electron chi connectivity index (χ3n) is 2.66. The quantitative estimate of drug-likeness (QED) is 0.474. The predicted octanol–water partition coefficient (Wildman–Crippen LogP) is 2.49. The molecule has 0 fully saturated rings. The van der Waals surface area contributed by atoms with Crippen molar-refractivity contribution < 1.29 is 14.6 Å². The Morgan fingerprint density at radius 2 is 2.10 bits per heavy atom. The van der Waals surface area contributed by atoms with Gasteiger partial charge in [-0.1, -0.05) is 55.1 Å². The van der Waals surface area contributed by atoms with Crippen LogP contribution in [0.5, 0.6) is 0 Å². The molecule has 0 radical (unpaired) electrons. The minimum atomic E-state index is -0.589. The fraction of sp³-hybridized carbons (Fsp3) is 0.176. The summed E-state index contributed by atoms with van der Waals surface area (Å²) in [7, 11) is 0. The number of benzene rings is 1. The minimum absolute atomic E-state index is 0.0745. The van der Waals surface area contributed by atoms with E-state index in [1.54, 1.807) is 12.2 Å². The second kappa shape index (κ2) is 9.29. The third kappa shape index (κ3) is 5.89. The van der Waals surface area contributed by atoms with Crippen LogP contribution >= 0.6 is 0 Å². The van der Waals surface area contributed by atoms with E-state index in [-0.39, 0.29) is 18.8 Å². The van der Waals surface area contributed by atoms with Gasteiger partial charge >= 0.3 is 5.97 Å². The molecule has 0 amide bonds. The van der Waals surface area contributed by atoms with Crippen molar-refractivity contribution in [1.82, 2.24) is 0 Å². The second-order valence-corrected chi connectivity index (χ2v) is 4.17. The number of hydrogen-bond acceptors (Lipinski definition) is 4. The van der Waals surface area contributed by atoms with Gasteiger partial charge in [-0.2, -0.15) is 5.26 Å². The molecule has 0 heterocycles. The Hall–Kier alpha value is -2.64. The molecule has 1 rings (SSSR count). The van der Waals surface area contributed by atoms with Crippen LogP contribution in [0.1, 0.15) is 5.56 Å². The van der Waals surface area contributed by atoms with Crippen LogP contribution in [-0.4, -0.2) is 24.3 Å². The zero-order valence-electron chi connectivity index (χ0n) is 11.6. The van der Waals surface area contributed by atoms with Crippen LogP contribution in [-0.2, 0) is 9.53 Å². The summed E-state index contributed by atoms with van der Waals surface area (Å²) in [5.74, 6) is -1.02. The maximum Gasteiger partial charge on any atom is 0.334 e. The van der Waals surface area contributed by atoms with Crippen LogP contribution in [0.15, 0.2) is 60.7 Å². The van der Waals surface area contributed by atoms with Crippen molar-refractivity contribution >= 4 is 12.0 Å². The highest BCUT2D eigenvalue weighted by Crippen LogP contribution is 2.16. The van der Waals surface area contributed by atoms with E-state index in [0.29, 0.717) is 0 Å². The summed E-state index contributed by atoms with van der Waals surface area (Å²) in [5.41, 5.74) is 1.19. The molecular weight excluding hydrogens is 266 g/mol. The molecule has 0 bridgehead atoms. The van der Waals surface area contributed by atoms with Crippen molar-refractivity contribution in [3.63, 3.8) is 0 Å². The second-order valence-electron chi connectivity index (χ2n) is 4.17. The summed E-state index contributed by atoms with van der Waals surface area (Å²) in [6.45, 7) is 3.39. The van der Waals surface area contributed by atoms with Crippen LogP contribution < -0.4 is 0 Å². The van der Waals surface area contributed by atoms with Gasteiger partial charge in [-0.15, -0.1) is 0 Å². The number of rotatable bonds is 7. The molecule has 0 saturated carbocycles. The van der Waals surface area contributed by atoms with Crippen molar-refractivity contribution in [2.24, 2.45) is 5.92 Å². The summed E-state index contributed by atoms with van der Waals surface area (Å²) in [6, 6.07) is 11.5. The average molecular weight is 283 g/mol. The molecule has 21 heavy (non-hydrogen) atoms. The number of allylic oxidation sites excluding steroid dienone is 3. The van der Waals surface area contributed by atoms with Gasteiger partial charge in [0.15, 0.2) is 0 Å². The van der Waals surface area contributed by atoms with E-state index < -0.39 is 11.9 Å². The van der Waals surface area contributed by atoms with Crippen molar-refractivity contribution in [1.29, 1.82) is 5.26 Å². The molecule has 0 aliphatic heterocycles. The SMILES string of the molecule is C=C(C(=O)OCCO)C(C=CC#N)C=Cc1ccccc1. The molecule has 1 aromatic rings. The van der Waals surface area contributed by atoms with E-state index >= 15 is 0 Å². The lowest BCUT2D eigenvalue weighted by Crippen LogP contribution is -2.14. The van der Waals surface area contributed by atoms with Gasteiger partial charge in [-0.3, -0.25) is 0 Å². The topological polar surface area (TPSA) is 70.3 Å². The van der Waals surface area contributed by atoms with Gasteiger partial charge in [0.25, 0.3) is 0 Å². The van der Waals surface area contributed by atoms with Crippen molar-refractivity contribution in [3.05, 3.63) is 66.3 Å². The summed E-state index contributed by atoms with van der Waals surface area (Å²) < 4.78 is 4.83. The van der Waals surface area contributed by atoms with Gasteiger partial charge in [0.1, 0.15) is 6.61 Å². The number of carbonyl (C=O) groups is 1. The molecule has 0 spiro atoms. The highest BCUT2D eigenvalue weighted by atomic mass is 16.5. The lowest BCUT2D eigenvalue weighted by Gasteiger charge is -2.10. The van der Waals surface area contributed by atoms with Gasteiger partial charge in [0.2, 0.25) is 0 Å². The highest BCUT2D eigenvalue weighted by Gasteiger charge is 2.15. The van der Waals surface area contributed by atoms with Crippen molar-refractivity contribution in [2.45, 2.75) is 0 Å². The molecule has 108 valence electrons. The zero-order valence-corrected chi connectivity index (χ0v) is 11.6. The molecule has 0 aliphatic rings. The predicted molar refractivity (Wildman–Crippen MR) is 80.9 cm³/mol. The van der Waals surface area contributed by atoms with Crippen molar-refractivity contribution in [3.8, 4) is 6.07 Å². The van der Waals surface area contributed by atoms with Gasteiger partial charge in [0.05, 0.1) is 12.7 Å². The van der Waals surface area contributed by atoms with Gasteiger partial charge in [0, 0.05) is 17.6 Å². The Morgan fingerprint density at radius 3 is 2.71 bits per heavy atom. The number of hydrogen-bond donors (Lipinski definition) is 1. The highest BCUT2D eigenvalue weighted by molar-refractivity contribution is 5.89. The summed E-state index contributed by atoms with van der Waals surface area (Å²) >= 11 is 0. The first-order valence-corrected chi connectivity index (χ1v) is 6.45. The molecule has 0 aliphatic carbocycles. The number of esters is 1. The Balaban J connectivity index is 2.83. The average Bonchev–Trinajstić information content (AvgIpc) is 2.53. The minimum Gasteiger partial charge on any atom is -0.460 e. The Labute approximate surface area is 124 Å². The molecule has 4 nitrogen and oxygen atoms in total. The Kier molecular flexibility index (Phi) is 7.26. The summed E-state index contributed by atoms with van der Waals surface area (Å²) in [5, 5.41) is 17.3. The maximum atomic E-state index is 11.7. The van der Waals surface area contributed by atoms with Gasteiger partial charge < -0.3 is 9.84 Å². The number of carbonyl (C=O) groups excluding carboxylic acids is 1. The van der Waals surface area contributed by atoms with E-state index in [9.17, 15) is 4.79 Å². The molecule has 1 unspecified atom stereocenters. The smallest absolute Gasteiger partial charge is 0.334 e. The van der Waals surface area contributed by atoms with E-state index in [0.717, 1.165) is 5.56 Å². The first-order chi connectivity index (χ1) is 10.2. The normalized spacial score (nSPS) is 12.2. The van der Waals surface area contributed by atoms with E-state index in [1.807, 2.05) is 42.5 Å². The van der Waals surface area contributed by atoms with E-state index in [1.165, 1.54) is 6.08 Å². The van der Waals surface area contributed by atoms with Crippen LogP contribution in [0, 0.1) is 17.2 Å². The van der Waals surface area contributed by atoms with E-state index in [2.05, 4.69) is 6.58 Å². The summed E-state index contributed by atoms with van der Waals surface area (Å²) in [6.07, 6.45) is 6.48. The number of ether oxygens (including phenoxy) is 1. The molecule has 4 heteroatoms. The van der Waals surface area contributed by atoms with Gasteiger partial charge in [-0.25, -0.2) is 4.79 Å². The van der Waals surface area contributed by atoms with E-state index in [4.69, 9.17) is 15.1 Å². The lowest BCUT2D eigenvalue weighted by atomic mass is 9.98. The number of nitriles is 1. The monoisotopic (exact) mass is 283 g/mol. The third-order valence-corrected chi connectivity index (χ3v) is 2.66.